The Balaban J connectivity index is 1.68. The van der Waals surface area contributed by atoms with E-state index >= 15 is 0 Å². The average molecular weight is 366 g/mol. The van der Waals surface area contributed by atoms with E-state index in [9.17, 15) is 4.79 Å². The number of carbonyl (C=O) groups is 1. The third-order valence-electron chi connectivity index (χ3n) is 4.67. The second kappa shape index (κ2) is 8.22. The van der Waals surface area contributed by atoms with Gasteiger partial charge in [0.25, 0.3) is 0 Å². The fraction of sp³-hybridized carbons (Fsp3) is 0.333. The number of carbonyl (C=O) groups excluding carboxylic acids is 1. The number of hydrogen-bond donors (Lipinski definition) is 2. The molecule has 142 valence electrons. The maximum atomic E-state index is 12.3. The van der Waals surface area contributed by atoms with E-state index in [0.717, 1.165) is 34.4 Å². The topological polar surface area (TPSA) is 68.2 Å². The molecule has 27 heavy (non-hydrogen) atoms. The maximum Gasteiger partial charge on any atom is 0.319 e. The number of benzene rings is 1. The quantitative estimate of drug-likeness (QED) is 0.687. The lowest BCUT2D eigenvalue weighted by Gasteiger charge is -2.15. The molecule has 0 aliphatic rings. The van der Waals surface area contributed by atoms with Crippen molar-refractivity contribution in [1.29, 1.82) is 0 Å². The van der Waals surface area contributed by atoms with Crippen LogP contribution in [0.1, 0.15) is 29.9 Å². The van der Waals surface area contributed by atoms with Gasteiger partial charge in [-0.3, -0.25) is 4.98 Å². The molecule has 2 heterocycles. The molecule has 3 aromatic rings. The fourth-order valence-electron chi connectivity index (χ4n) is 3.15. The lowest BCUT2D eigenvalue weighted by Crippen LogP contribution is -2.31. The number of nitrogens with one attached hydrogen (secondary N) is 2. The SMILES string of the molecule is COCCn1c(C)cc2cc(NC(=O)N[C@@H](C)c3ccc(C)nc3)ccc21. The molecule has 6 heteroatoms. The number of fused-ring (bicyclic) bond motifs is 1. The van der Waals surface area contributed by atoms with Crippen molar-refractivity contribution in [3.05, 3.63) is 59.5 Å². The molecule has 0 fully saturated rings. The normalized spacial score (nSPS) is 12.1. The van der Waals surface area contributed by atoms with Gasteiger partial charge < -0.3 is 19.9 Å². The van der Waals surface area contributed by atoms with Crippen molar-refractivity contribution < 1.29 is 9.53 Å². The van der Waals surface area contributed by atoms with E-state index in [4.69, 9.17) is 4.74 Å². The molecule has 1 atom stereocenters. The van der Waals surface area contributed by atoms with E-state index in [-0.39, 0.29) is 12.1 Å². The molecule has 2 N–H and O–H groups in total. The van der Waals surface area contributed by atoms with Crippen molar-refractivity contribution in [2.45, 2.75) is 33.4 Å². The van der Waals surface area contributed by atoms with Gasteiger partial charge in [0.05, 0.1) is 12.6 Å². The van der Waals surface area contributed by atoms with Gasteiger partial charge in [-0.05, 0) is 56.7 Å². The van der Waals surface area contributed by atoms with Crippen LogP contribution in [0.3, 0.4) is 0 Å². The second-order valence-corrected chi connectivity index (χ2v) is 6.76. The highest BCUT2D eigenvalue weighted by Gasteiger charge is 2.11. The van der Waals surface area contributed by atoms with Crippen molar-refractivity contribution in [2.24, 2.45) is 0 Å². The highest BCUT2D eigenvalue weighted by molar-refractivity contribution is 5.93. The van der Waals surface area contributed by atoms with Gasteiger partial charge in [-0.1, -0.05) is 6.07 Å². The lowest BCUT2D eigenvalue weighted by atomic mass is 10.1. The van der Waals surface area contributed by atoms with E-state index in [2.05, 4.69) is 33.2 Å². The highest BCUT2D eigenvalue weighted by atomic mass is 16.5. The highest BCUT2D eigenvalue weighted by Crippen LogP contribution is 2.23. The van der Waals surface area contributed by atoms with Crippen LogP contribution in [0.5, 0.6) is 0 Å². The van der Waals surface area contributed by atoms with Gasteiger partial charge in [-0.25, -0.2) is 4.79 Å². The lowest BCUT2D eigenvalue weighted by molar-refractivity contribution is 0.188. The van der Waals surface area contributed by atoms with E-state index in [1.807, 2.05) is 44.2 Å². The molecule has 0 saturated heterocycles. The van der Waals surface area contributed by atoms with Crippen molar-refractivity contribution >= 4 is 22.6 Å². The standard InChI is InChI=1S/C21H26N4O2/c1-14-5-6-17(13-22-14)16(3)23-21(26)24-19-7-8-20-18(12-19)11-15(2)25(20)9-10-27-4/h5-8,11-13,16H,9-10H2,1-4H3,(H2,23,24,26)/t16-/m0/s1. The summed E-state index contributed by atoms with van der Waals surface area (Å²) in [6.07, 6.45) is 1.79. The Bertz CT molecular complexity index is 931. The zero-order valence-corrected chi connectivity index (χ0v) is 16.2. The number of aryl methyl sites for hydroxylation is 2. The molecule has 1 aromatic carbocycles. The molecule has 2 aromatic heterocycles. The number of anilines is 1. The van der Waals surface area contributed by atoms with Crippen LogP contribution in [0.25, 0.3) is 10.9 Å². The van der Waals surface area contributed by atoms with Gasteiger partial charge in [0.15, 0.2) is 0 Å². The van der Waals surface area contributed by atoms with Gasteiger partial charge in [-0.2, -0.15) is 0 Å². The van der Waals surface area contributed by atoms with Crippen molar-refractivity contribution in [1.82, 2.24) is 14.9 Å². The van der Waals surface area contributed by atoms with Crippen LogP contribution in [0, 0.1) is 13.8 Å². The summed E-state index contributed by atoms with van der Waals surface area (Å²) >= 11 is 0. The molecule has 0 aliphatic heterocycles. The molecule has 2 amide bonds. The Morgan fingerprint density at radius 3 is 2.74 bits per heavy atom. The molecular formula is C21H26N4O2. The van der Waals surface area contributed by atoms with E-state index < -0.39 is 0 Å². The summed E-state index contributed by atoms with van der Waals surface area (Å²) in [5, 5.41) is 6.95. The first kappa shape index (κ1) is 18.9. The van der Waals surface area contributed by atoms with Crippen molar-refractivity contribution in [3.63, 3.8) is 0 Å². The Morgan fingerprint density at radius 2 is 2.04 bits per heavy atom. The van der Waals surface area contributed by atoms with Gasteiger partial charge >= 0.3 is 6.03 Å². The van der Waals surface area contributed by atoms with E-state index in [0.29, 0.717) is 6.61 Å². The summed E-state index contributed by atoms with van der Waals surface area (Å²) in [6.45, 7) is 7.43. The van der Waals surface area contributed by atoms with Crippen LogP contribution >= 0.6 is 0 Å². The first-order chi connectivity index (χ1) is 13.0. The number of ether oxygens (including phenoxy) is 1. The van der Waals surface area contributed by atoms with Gasteiger partial charge in [0.2, 0.25) is 0 Å². The number of methoxy groups -OCH3 is 1. The second-order valence-electron chi connectivity index (χ2n) is 6.76. The van der Waals surface area contributed by atoms with Crippen LogP contribution in [-0.4, -0.2) is 29.3 Å². The summed E-state index contributed by atoms with van der Waals surface area (Å²) in [5.41, 5.74) is 4.99. The molecule has 3 rings (SSSR count). The third kappa shape index (κ3) is 4.46. The van der Waals surface area contributed by atoms with Crippen LogP contribution < -0.4 is 10.6 Å². The summed E-state index contributed by atoms with van der Waals surface area (Å²) in [5.74, 6) is 0. The molecule has 0 unspecified atom stereocenters. The first-order valence-electron chi connectivity index (χ1n) is 9.07. The Kier molecular flexibility index (Phi) is 5.76. The largest absolute Gasteiger partial charge is 0.383 e. The Labute approximate surface area is 159 Å². The molecule has 6 nitrogen and oxygen atoms in total. The zero-order chi connectivity index (χ0) is 19.4. The predicted octanol–water partition coefficient (Wildman–Crippen LogP) is 4.18. The van der Waals surface area contributed by atoms with Crippen LogP contribution in [0.2, 0.25) is 0 Å². The molecule has 0 saturated carbocycles. The molecule has 0 radical (unpaired) electrons. The van der Waals surface area contributed by atoms with Crippen LogP contribution in [0.15, 0.2) is 42.6 Å². The summed E-state index contributed by atoms with van der Waals surface area (Å²) in [7, 11) is 1.70. The third-order valence-corrected chi connectivity index (χ3v) is 4.67. The number of pyridine rings is 1. The Morgan fingerprint density at radius 1 is 1.22 bits per heavy atom. The van der Waals surface area contributed by atoms with E-state index in [1.165, 1.54) is 5.69 Å². The maximum absolute atomic E-state index is 12.3. The monoisotopic (exact) mass is 366 g/mol. The summed E-state index contributed by atoms with van der Waals surface area (Å²) in [4.78, 5) is 16.6. The molecule has 0 bridgehead atoms. The molecular weight excluding hydrogens is 340 g/mol. The van der Waals surface area contributed by atoms with Crippen LogP contribution in [0.4, 0.5) is 10.5 Å². The minimum absolute atomic E-state index is 0.126. The fourth-order valence-corrected chi connectivity index (χ4v) is 3.15. The smallest absolute Gasteiger partial charge is 0.319 e. The number of hydrogen-bond acceptors (Lipinski definition) is 3. The van der Waals surface area contributed by atoms with Gasteiger partial charge in [-0.15, -0.1) is 0 Å². The van der Waals surface area contributed by atoms with E-state index in [1.54, 1.807) is 13.3 Å². The summed E-state index contributed by atoms with van der Waals surface area (Å²) < 4.78 is 7.40. The number of urea groups is 1. The Hall–Kier alpha value is -2.86. The van der Waals surface area contributed by atoms with Gasteiger partial charge in [0.1, 0.15) is 0 Å². The van der Waals surface area contributed by atoms with Crippen LogP contribution in [-0.2, 0) is 11.3 Å². The number of rotatable bonds is 6. The zero-order valence-electron chi connectivity index (χ0n) is 16.2. The minimum Gasteiger partial charge on any atom is -0.383 e. The first-order valence-corrected chi connectivity index (χ1v) is 9.07. The van der Waals surface area contributed by atoms with Crippen molar-refractivity contribution in [3.8, 4) is 0 Å². The predicted molar refractivity (Wildman–Crippen MR) is 108 cm³/mol. The average Bonchev–Trinajstić information content (AvgIpc) is 2.94. The number of nitrogens with zero attached hydrogens (tertiary/aromatic N) is 2. The minimum atomic E-state index is -0.238. The number of aromatic nitrogens is 2. The van der Waals surface area contributed by atoms with Crippen molar-refractivity contribution in [2.75, 3.05) is 19.0 Å². The molecule has 0 aliphatic carbocycles. The molecule has 0 spiro atoms. The summed E-state index contributed by atoms with van der Waals surface area (Å²) in [6, 6.07) is 11.6. The van der Waals surface area contributed by atoms with Gasteiger partial charge in [0, 0.05) is 47.8 Å². The number of amides is 2.